The van der Waals surface area contributed by atoms with Gasteiger partial charge in [0, 0.05) is 29.9 Å². The number of nitrogens with zero attached hydrogens (tertiary/aromatic N) is 2. The Bertz CT molecular complexity index is 1680. The molecule has 1 aromatic heterocycles. The molecule has 44 heavy (non-hydrogen) atoms. The van der Waals surface area contributed by atoms with Gasteiger partial charge in [-0.05, 0) is 60.2 Å². The van der Waals surface area contributed by atoms with Gasteiger partial charge >= 0.3 is 0 Å². The molecule has 5 rings (SSSR count). The van der Waals surface area contributed by atoms with Crippen LogP contribution in [0.4, 0.5) is 0 Å². The fourth-order valence-corrected chi connectivity index (χ4v) is 6.53. The van der Waals surface area contributed by atoms with Gasteiger partial charge in [-0.3, -0.25) is 4.79 Å². The van der Waals surface area contributed by atoms with Crippen molar-refractivity contribution in [2.75, 3.05) is 33.4 Å². The Balaban J connectivity index is 1.26. The van der Waals surface area contributed by atoms with E-state index in [9.17, 15) is 18.3 Å². The molecule has 0 fully saturated rings. The monoisotopic (exact) mass is 684 g/mol. The third kappa shape index (κ3) is 7.66. The lowest BCUT2D eigenvalue weighted by molar-refractivity contribution is -0.146. The van der Waals surface area contributed by atoms with E-state index in [0.717, 1.165) is 25.4 Å². The molecule has 0 saturated carbocycles. The van der Waals surface area contributed by atoms with E-state index in [2.05, 4.69) is 31.2 Å². The summed E-state index contributed by atoms with van der Waals surface area (Å²) in [5, 5.41) is 12.4. The van der Waals surface area contributed by atoms with Gasteiger partial charge in [0.15, 0.2) is 5.76 Å². The number of fused-ring (bicyclic) bond motifs is 1. The number of para-hydroxylation sites is 2. The first kappa shape index (κ1) is 31.7. The summed E-state index contributed by atoms with van der Waals surface area (Å²) in [4.78, 5) is 21.0. The van der Waals surface area contributed by atoms with E-state index in [1.165, 1.54) is 19.2 Å². The number of carbonyl (C=O) groups is 1. The second kappa shape index (κ2) is 14.4. The number of amides is 1. The maximum Gasteiger partial charge on any atom is 0.286 e. The molecule has 3 N–H and O–H groups in total. The number of nitrogens with one attached hydrogen (secondary N) is 2. The van der Waals surface area contributed by atoms with Gasteiger partial charge in [-0.15, -0.1) is 0 Å². The van der Waals surface area contributed by atoms with Gasteiger partial charge in [0.2, 0.25) is 16.3 Å². The SMILES string of the molecule is COc1ccc(S(=O)(=O)N(CCO)CCO[C@H]2C[C@@H](c3ccc(Br)cc3)C=C(C(=O)NCc3nc4ccccc4[nH]3)O2)cc1. The zero-order valence-corrected chi connectivity index (χ0v) is 26.4. The second-order valence-electron chi connectivity index (χ2n) is 10.0. The normalized spacial score (nSPS) is 16.9. The Kier molecular flexibility index (Phi) is 10.3. The van der Waals surface area contributed by atoms with E-state index < -0.39 is 22.2 Å². The van der Waals surface area contributed by atoms with E-state index in [1.54, 1.807) is 18.2 Å². The Morgan fingerprint density at radius 3 is 2.57 bits per heavy atom. The van der Waals surface area contributed by atoms with Crippen molar-refractivity contribution < 1.29 is 32.5 Å². The number of H-pyrrole nitrogens is 1. The molecule has 2 heterocycles. The zero-order valence-electron chi connectivity index (χ0n) is 24.0. The van der Waals surface area contributed by atoms with Gasteiger partial charge in [0.1, 0.15) is 11.6 Å². The Morgan fingerprint density at radius 2 is 1.86 bits per heavy atom. The summed E-state index contributed by atoms with van der Waals surface area (Å²) in [5.74, 6) is 0.620. The quantitative estimate of drug-likeness (QED) is 0.191. The van der Waals surface area contributed by atoms with Crippen LogP contribution in [0, 0.1) is 0 Å². The number of allylic oxidation sites excluding steroid dienone is 1. The first-order chi connectivity index (χ1) is 21.3. The second-order valence-corrected chi connectivity index (χ2v) is 12.9. The zero-order chi connectivity index (χ0) is 31.1. The topological polar surface area (TPSA) is 143 Å². The summed E-state index contributed by atoms with van der Waals surface area (Å²) in [7, 11) is -2.41. The molecule has 0 aliphatic carbocycles. The minimum atomic E-state index is -3.91. The molecule has 11 nitrogen and oxygen atoms in total. The number of rotatable bonds is 13. The number of aromatic nitrogens is 2. The summed E-state index contributed by atoms with van der Waals surface area (Å²) in [6.45, 7) is -0.364. The number of ether oxygens (including phenoxy) is 3. The lowest BCUT2D eigenvalue weighted by Crippen LogP contribution is -2.38. The lowest BCUT2D eigenvalue weighted by Gasteiger charge is -2.30. The number of methoxy groups -OCH3 is 1. The maximum atomic E-state index is 13.3. The van der Waals surface area contributed by atoms with Crippen LogP contribution >= 0.6 is 15.9 Å². The molecule has 0 unspecified atom stereocenters. The van der Waals surface area contributed by atoms with Crippen LogP contribution in [-0.4, -0.2) is 73.4 Å². The van der Waals surface area contributed by atoms with Gasteiger partial charge < -0.3 is 29.6 Å². The fourth-order valence-electron chi connectivity index (χ4n) is 4.85. The number of benzene rings is 3. The number of aliphatic hydroxyl groups is 1. The molecular formula is C31H33BrN4O7S. The van der Waals surface area contributed by atoms with Crippen molar-refractivity contribution in [1.29, 1.82) is 0 Å². The molecule has 2 atom stereocenters. The molecule has 0 saturated heterocycles. The largest absolute Gasteiger partial charge is 0.497 e. The highest BCUT2D eigenvalue weighted by Gasteiger charge is 2.30. The number of aromatic amines is 1. The maximum absolute atomic E-state index is 13.3. The average Bonchev–Trinajstić information content (AvgIpc) is 3.46. The molecule has 1 amide bonds. The summed E-state index contributed by atoms with van der Waals surface area (Å²) in [6, 6.07) is 21.4. The molecule has 13 heteroatoms. The number of imidazole rings is 1. The van der Waals surface area contributed by atoms with Crippen molar-refractivity contribution >= 4 is 42.9 Å². The van der Waals surface area contributed by atoms with Crippen molar-refractivity contribution in [3.05, 3.63) is 100 Å². The van der Waals surface area contributed by atoms with Crippen molar-refractivity contribution in [1.82, 2.24) is 19.6 Å². The van der Waals surface area contributed by atoms with Crippen LogP contribution in [0.1, 0.15) is 23.7 Å². The molecule has 3 aromatic carbocycles. The number of carbonyl (C=O) groups excluding carboxylic acids is 1. The molecule has 0 bridgehead atoms. The highest BCUT2D eigenvalue weighted by Crippen LogP contribution is 2.32. The number of hydrogen-bond acceptors (Lipinski definition) is 8. The van der Waals surface area contributed by atoms with Crippen LogP contribution in [0.5, 0.6) is 5.75 Å². The number of sulfonamides is 1. The number of aliphatic hydroxyl groups excluding tert-OH is 1. The van der Waals surface area contributed by atoms with Gasteiger partial charge in [-0.25, -0.2) is 13.4 Å². The molecule has 1 aliphatic rings. The first-order valence-electron chi connectivity index (χ1n) is 14.0. The molecular weight excluding hydrogens is 652 g/mol. The van der Waals surface area contributed by atoms with E-state index >= 15 is 0 Å². The van der Waals surface area contributed by atoms with Gasteiger partial charge in [0.05, 0.1) is 42.8 Å². The van der Waals surface area contributed by atoms with E-state index in [-0.39, 0.29) is 49.4 Å². The minimum Gasteiger partial charge on any atom is -0.497 e. The molecule has 0 radical (unpaired) electrons. The number of hydrogen-bond donors (Lipinski definition) is 3. The van der Waals surface area contributed by atoms with Crippen LogP contribution in [0.25, 0.3) is 11.0 Å². The summed E-state index contributed by atoms with van der Waals surface area (Å²) < 4.78 is 45.7. The predicted molar refractivity (Wildman–Crippen MR) is 167 cm³/mol. The van der Waals surface area contributed by atoms with Crippen LogP contribution in [0.2, 0.25) is 0 Å². The first-order valence-corrected chi connectivity index (χ1v) is 16.2. The lowest BCUT2D eigenvalue weighted by atomic mass is 9.93. The summed E-state index contributed by atoms with van der Waals surface area (Å²) in [5.41, 5.74) is 2.65. The van der Waals surface area contributed by atoms with Crippen molar-refractivity contribution in [2.24, 2.45) is 0 Å². The highest BCUT2D eigenvalue weighted by atomic mass is 79.9. The van der Waals surface area contributed by atoms with Crippen LogP contribution < -0.4 is 10.1 Å². The van der Waals surface area contributed by atoms with Crippen LogP contribution in [-0.2, 0) is 30.8 Å². The Hall–Kier alpha value is -3.75. The summed E-state index contributed by atoms with van der Waals surface area (Å²) in [6.07, 6.45) is 1.36. The van der Waals surface area contributed by atoms with Gasteiger partial charge in [-0.2, -0.15) is 4.31 Å². The third-order valence-corrected chi connectivity index (χ3v) is 9.57. The number of halogens is 1. The standard InChI is InChI=1S/C31H33BrN4O7S/c1-41-24-10-12-25(13-11-24)44(39,40)36(14-16-37)15-17-42-30-19-22(21-6-8-23(32)9-7-21)18-28(43-30)31(38)33-20-29-34-26-4-2-3-5-27(26)35-29/h2-13,18,22,30,37H,14-17,19-20H2,1H3,(H,33,38)(H,34,35)/t22-,30+/m0/s1. The predicted octanol–water partition coefficient (Wildman–Crippen LogP) is 4.06. The van der Waals surface area contributed by atoms with E-state index in [1.807, 2.05) is 48.5 Å². The Labute approximate surface area is 264 Å². The van der Waals surface area contributed by atoms with Crippen molar-refractivity contribution in [3.8, 4) is 5.75 Å². The van der Waals surface area contributed by atoms with E-state index in [0.29, 0.717) is 18.0 Å². The third-order valence-electron chi connectivity index (χ3n) is 7.13. The molecule has 1 aliphatic heterocycles. The van der Waals surface area contributed by atoms with Crippen LogP contribution in [0.3, 0.4) is 0 Å². The molecule has 4 aromatic rings. The van der Waals surface area contributed by atoms with Crippen molar-refractivity contribution in [3.63, 3.8) is 0 Å². The fraction of sp³-hybridized carbons (Fsp3) is 0.290. The summed E-state index contributed by atoms with van der Waals surface area (Å²) >= 11 is 3.46. The van der Waals surface area contributed by atoms with E-state index in [4.69, 9.17) is 14.2 Å². The Morgan fingerprint density at radius 1 is 1.11 bits per heavy atom. The molecule has 232 valence electrons. The van der Waals surface area contributed by atoms with Crippen LogP contribution in [0.15, 0.2) is 94.0 Å². The van der Waals surface area contributed by atoms with Gasteiger partial charge in [0.25, 0.3) is 5.91 Å². The molecule has 0 spiro atoms. The minimum absolute atomic E-state index is 0.0268. The van der Waals surface area contributed by atoms with Crippen molar-refractivity contribution in [2.45, 2.75) is 30.1 Å². The highest BCUT2D eigenvalue weighted by molar-refractivity contribution is 9.10. The van der Waals surface area contributed by atoms with Gasteiger partial charge in [-0.1, -0.05) is 40.2 Å². The average molecular weight is 686 g/mol. The smallest absolute Gasteiger partial charge is 0.286 e.